The third-order valence-electron chi connectivity index (χ3n) is 3.21. The Morgan fingerprint density at radius 1 is 1.45 bits per heavy atom. The molecule has 2 heterocycles. The van der Waals surface area contributed by atoms with Gasteiger partial charge in [-0.25, -0.2) is 12.7 Å². The maximum absolute atomic E-state index is 12.1. The van der Waals surface area contributed by atoms with E-state index in [1.807, 2.05) is 0 Å². The molecule has 1 saturated heterocycles. The van der Waals surface area contributed by atoms with Crippen molar-refractivity contribution in [1.82, 2.24) is 19.3 Å². The fraction of sp³-hybridized carbons (Fsp3) is 0.727. The highest BCUT2D eigenvalue weighted by Crippen LogP contribution is 2.11. The zero-order valence-corrected chi connectivity index (χ0v) is 12.4. The van der Waals surface area contributed by atoms with Gasteiger partial charge in [-0.05, 0) is 6.42 Å². The minimum atomic E-state index is -3.50. The van der Waals surface area contributed by atoms with Crippen LogP contribution in [0.2, 0.25) is 0 Å². The Labute approximate surface area is 117 Å². The van der Waals surface area contributed by atoms with Crippen molar-refractivity contribution >= 4 is 15.9 Å². The summed E-state index contributed by atoms with van der Waals surface area (Å²) in [5.41, 5.74) is 0. The van der Waals surface area contributed by atoms with Crippen LogP contribution in [0.5, 0.6) is 0 Å². The lowest BCUT2D eigenvalue weighted by molar-refractivity contribution is -0.127. The second kappa shape index (κ2) is 5.88. The van der Waals surface area contributed by atoms with Crippen molar-refractivity contribution in [3.63, 3.8) is 0 Å². The lowest BCUT2D eigenvalue weighted by atomic mass is 10.4. The minimum Gasteiger partial charge on any atom is -0.341 e. The van der Waals surface area contributed by atoms with Gasteiger partial charge in [-0.3, -0.25) is 4.79 Å². The number of nitrogens with zero attached hydrogens (tertiary/aromatic N) is 4. The van der Waals surface area contributed by atoms with Crippen LogP contribution in [-0.2, 0) is 20.6 Å². The molecule has 8 nitrogen and oxygen atoms in total. The fourth-order valence-electron chi connectivity index (χ4n) is 2.01. The topological polar surface area (TPSA) is 96.6 Å². The van der Waals surface area contributed by atoms with Gasteiger partial charge in [-0.1, -0.05) is 5.16 Å². The lowest BCUT2D eigenvalue weighted by Crippen LogP contribution is -2.37. The predicted octanol–water partition coefficient (Wildman–Crippen LogP) is -0.238. The van der Waals surface area contributed by atoms with Crippen LogP contribution in [-0.4, -0.2) is 60.4 Å². The van der Waals surface area contributed by atoms with E-state index in [0.29, 0.717) is 25.4 Å². The minimum absolute atomic E-state index is 0.0876. The molecule has 0 atom stereocenters. The Morgan fingerprint density at radius 2 is 2.20 bits per heavy atom. The SMILES string of the molecule is Cc1nc(CS(=O)(=O)N(C)CCN2CCCC2=O)no1. The standard InChI is InChI=1S/C11H18N4O4S/c1-9-12-10(13-19-9)8-20(17,18)14(2)6-7-15-5-3-4-11(15)16/h3-8H2,1-2H3. The van der Waals surface area contributed by atoms with E-state index in [1.54, 1.807) is 11.8 Å². The predicted molar refractivity (Wildman–Crippen MR) is 70.1 cm³/mol. The number of rotatable bonds is 6. The monoisotopic (exact) mass is 302 g/mol. The average molecular weight is 302 g/mol. The van der Waals surface area contributed by atoms with E-state index in [1.165, 1.54) is 11.4 Å². The quantitative estimate of drug-likeness (QED) is 0.719. The number of likely N-dealkylation sites (tertiary alicyclic amines) is 1. The van der Waals surface area contributed by atoms with Crippen molar-refractivity contribution in [1.29, 1.82) is 0 Å². The molecule has 1 amide bonds. The Bertz CT molecular complexity index is 583. The van der Waals surface area contributed by atoms with Gasteiger partial charge in [0, 0.05) is 40.0 Å². The zero-order chi connectivity index (χ0) is 14.8. The zero-order valence-electron chi connectivity index (χ0n) is 11.6. The van der Waals surface area contributed by atoms with E-state index in [9.17, 15) is 13.2 Å². The van der Waals surface area contributed by atoms with Gasteiger partial charge in [0.2, 0.25) is 21.8 Å². The summed E-state index contributed by atoms with van der Waals surface area (Å²) in [6.45, 7) is 2.99. The van der Waals surface area contributed by atoms with Crippen LogP contribution in [0.15, 0.2) is 4.52 Å². The van der Waals surface area contributed by atoms with Crippen LogP contribution in [0, 0.1) is 6.92 Å². The number of hydrogen-bond acceptors (Lipinski definition) is 6. The molecule has 1 aliphatic rings. The molecule has 0 saturated carbocycles. The van der Waals surface area contributed by atoms with Gasteiger partial charge in [0.25, 0.3) is 0 Å². The number of carbonyl (C=O) groups is 1. The summed E-state index contributed by atoms with van der Waals surface area (Å²) in [5.74, 6) is 0.270. The van der Waals surface area contributed by atoms with Crippen molar-refractivity contribution < 1.29 is 17.7 Å². The highest BCUT2D eigenvalue weighted by molar-refractivity contribution is 7.88. The Balaban J connectivity index is 1.90. The van der Waals surface area contributed by atoms with Crippen LogP contribution in [0.25, 0.3) is 0 Å². The summed E-state index contributed by atoms with van der Waals surface area (Å²) < 4.78 is 30.2. The summed E-state index contributed by atoms with van der Waals surface area (Å²) in [6, 6.07) is 0. The van der Waals surface area contributed by atoms with Gasteiger partial charge >= 0.3 is 0 Å². The first-order valence-corrected chi connectivity index (χ1v) is 8.00. The molecule has 1 aromatic heterocycles. The Hall–Kier alpha value is -1.48. The Morgan fingerprint density at radius 3 is 2.75 bits per heavy atom. The second-order valence-corrected chi connectivity index (χ2v) is 6.87. The fourth-order valence-corrected chi connectivity index (χ4v) is 3.04. The average Bonchev–Trinajstić information content (AvgIpc) is 2.95. The number of hydrogen-bond donors (Lipinski definition) is 0. The van der Waals surface area contributed by atoms with E-state index >= 15 is 0 Å². The molecule has 1 aliphatic heterocycles. The normalized spacial score (nSPS) is 16.4. The molecule has 0 radical (unpaired) electrons. The van der Waals surface area contributed by atoms with E-state index in [2.05, 4.69) is 10.1 Å². The number of sulfonamides is 1. The van der Waals surface area contributed by atoms with Crippen molar-refractivity contribution in [3.8, 4) is 0 Å². The van der Waals surface area contributed by atoms with Crippen molar-refractivity contribution in [2.45, 2.75) is 25.5 Å². The van der Waals surface area contributed by atoms with Crippen LogP contribution in [0.3, 0.4) is 0 Å². The molecule has 112 valence electrons. The summed E-state index contributed by atoms with van der Waals surface area (Å²) >= 11 is 0. The highest BCUT2D eigenvalue weighted by atomic mass is 32.2. The summed E-state index contributed by atoms with van der Waals surface area (Å²) in [4.78, 5) is 17.0. The Kier molecular flexibility index (Phi) is 4.39. The number of aryl methyl sites for hydroxylation is 1. The molecule has 1 fully saturated rings. The molecule has 0 spiro atoms. The first kappa shape index (κ1) is 14.9. The van der Waals surface area contributed by atoms with Crippen LogP contribution in [0.1, 0.15) is 24.6 Å². The molecule has 0 bridgehead atoms. The van der Waals surface area contributed by atoms with Gasteiger partial charge < -0.3 is 9.42 Å². The van der Waals surface area contributed by atoms with E-state index < -0.39 is 10.0 Å². The third-order valence-corrected chi connectivity index (χ3v) is 4.97. The molecule has 9 heteroatoms. The van der Waals surface area contributed by atoms with Crippen molar-refractivity contribution in [3.05, 3.63) is 11.7 Å². The van der Waals surface area contributed by atoms with Crippen molar-refractivity contribution in [2.75, 3.05) is 26.7 Å². The van der Waals surface area contributed by atoms with Crippen LogP contribution in [0.4, 0.5) is 0 Å². The molecule has 0 aliphatic carbocycles. The molecular formula is C11H18N4O4S. The number of carbonyl (C=O) groups excluding carboxylic acids is 1. The lowest BCUT2D eigenvalue weighted by Gasteiger charge is -2.21. The molecule has 2 rings (SSSR count). The maximum Gasteiger partial charge on any atom is 0.223 e. The molecular weight excluding hydrogens is 284 g/mol. The first-order chi connectivity index (χ1) is 9.38. The van der Waals surface area contributed by atoms with Crippen LogP contribution < -0.4 is 0 Å². The van der Waals surface area contributed by atoms with Crippen molar-refractivity contribution in [2.24, 2.45) is 0 Å². The summed E-state index contributed by atoms with van der Waals surface area (Å²) in [5, 5.41) is 3.58. The van der Waals surface area contributed by atoms with Gasteiger partial charge in [0.15, 0.2) is 5.82 Å². The molecule has 0 N–H and O–H groups in total. The van der Waals surface area contributed by atoms with Gasteiger partial charge in [-0.15, -0.1) is 0 Å². The van der Waals surface area contributed by atoms with E-state index in [0.717, 1.165) is 6.42 Å². The first-order valence-electron chi connectivity index (χ1n) is 6.39. The summed E-state index contributed by atoms with van der Waals surface area (Å²) in [6.07, 6.45) is 1.40. The number of aromatic nitrogens is 2. The molecule has 20 heavy (non-hydrogen) atoms. The van der Waals surface area contributed by atoms with Crippen LogP contribution >= 0.6 is 0 Å². The molecule has 0 unspecified atom stereocenters. The maximum atomic E-state index is 12.1. The number of likely N-dealkylation sites (N-methyl/N-ethyl adjacent to an activating group) is 1. The second-order valence-electron chi connectivity index (χ2n) is 4.79. The highest BCUT2D eigenvalue weighted by Gasteiger charge is 2.24. The van der Waals surface area contributed by atoms with Gasteiger partial charge in [0.05, 0.1) is 0 Å². The number of amides is 1. The largest absolute Gasteiger partial charge is 0.341 e. The molecule has 1 aromatic rings. The van der Waals surface area contributed by atoms with Gasteiger partial charge in [-0.2, -0.15) is 4.98 Å². The third kappa shape index (κ3) is 3.54. The van der Waals surface area contributed by atoms with E-state index in [-0.39, 0.29) is 24.0 Å². The van der Waals surface area contributed by atoms with Gasteiger partial charge in [0.1, 0.15) is 5.75 Å². The smallest absolute Gasteiger partial charge is 0.223 e. The molecule has 0 aromatic carbocycles. The van der Waals surface area contributed by atoms with E-state index in [4.69, 9.17) is 4.52 Å². The summed E-state index contributed by atoms with van der Waals surface area (Å²) in [7, 11) is -2.01.